The lowest BCUT2D eigenvalue weighted by Crippen LogP contribution is -2.16. The van der Waals surface area contributed by atoms with E-state index in [1.807, 2.05) is 0 Å². The second-order valence-corrected chi connectivity index (χ2v) is 4.27. The van der Waals surface area contributed by atoms with Crippen LogP contribution in [0.4, 0.5) is 4.79 Å². The molecule has 0 aromatic carbocycles. The van der Waals surface area contributed by atoms with Crippen molar-refractivity contribution in [2.75, 3.05) is 6.61 Å². The lowest BCUT2D eigenvalue weighted by Gasteiger charge is -1.95. The van der Waals surface area contributed by atoms with E-state index in [2.05, 4.69) is 4.74 Å². The van der Waals surface area contributed by atoms with Gasteiger partial charge in [0.05, 0.1) is 6.61 Å². The first-order chi connectivity index (χ1) is 4.45. The zero-order valence-electron chi connectivity index (χ0n) is 5.33. The Morgan fingerprint density at radius 2 is 2.20 bits per heavy atom. The van der Waals surface area contributed by atoms with Crippen LogP contribution in [0.3, 0.4) is 0 Å². The summed E-state index contributed by atoms with van der Waals surface area (Å²) in [5.41, 5.74) is 0. The average molecular weight is 184 g/mol. The monoisotopic (exact) mass is 184 g/mol. The standard InChI is InChI=1S/C3H6BClO4S/c1-2-9-3(6)4-10(5,7)8/h4H,2H2,1H3. The summed E-state index contributed by atoms with van der Waals surface area (Å²) in [7, 11) is 0.987. The predicted molar refractivity (Wildman–Crippen MR) is 38.9 cm³/mol. The maximum absolute atomic E-state index is 10.4. The first-order valence-electron chi connectivity index (χ1n) is 2.53. The van der Waals surface area contributed by atoms with Crippen molar-refractivity contribution in [1.29, 1.82) is 0 Å². The van der Waals surface area contributed by atoms with Gasteiger partial charge in [-0.25, -0.2) is 8.42 Å². The molecule has 0 aromatic rings. The summed E-state index contributed by atoms with van der Waals surface area (Å²) in [6.07, 6.45) is 0. The molecule has 0 rings (SSSR count). The van der Waals surface area contributed by atoms with E-state index in [4.69, 9.17) is 10.7 Å². The normalized spacial score (nSPS) is 10.6. The van der Waals surface area contributed by atoms with Crippen LogP contribution in [-0.2, 0) is 13.6 Å². The minimum atomic E-state index is -3.75. The molecule has 0 N–H and O–H groups in total. The molecule has 0 heterocycles. The van der Waals surface area contributed by atoms with Gasteiger partial charge < -0.3 is 4.74 Å². The van der Waals surface area contributed by atoms with Gasteiger partial charge in [0.15, 0.2) is 8.90 Å². The third kappa shape index (κ3) is 5.90. The number of halogens is 1. The highest BCUT2D eigenvalue weighted by Gasteiger charge is 2.17. The number of carbonyl (C=O) groups excluding carboxylic acids is 1. The Balaban J connectivity index is 3.82. The molecular weight excluding hydrogens is 178 g/mol. The molecule has 0 unspecified atom stereocenters. The highest BCUT2D eigenvalue weighted by atomic mass is 35.7. The van der Waals surface area contributed by atoms with Gasteiger partial charge in [0, 0.05) is 10.7 Å². The third-order valence-electron chi connectivity index (χ3n) is 0.596. The minimum Gasteiger partial charge on any atom is -0.473 e. The summed E-state index contributed by atoms with van der Waals surface area (Å²) in [6, 6.07) is 0. The van der Waals surface area contributed by atoms with Crippen LogP contribution in [0.1, 0.15) is 6.92 Å². The molecule has 10 heavy (non-hydrogen) atoms. The zero-order chi connectivity index (χ0) is 8.20. The molecule has 0 spiro atoms. The largest absolute Gasteiger partial charge is 0.473 e. The quantitative estimate of drug-likeness (QED) is 0.460. The molecule has 0 atom stereocenters. The molecular formula is C3H6BClO4S. The van der Waals surface area contributed by atoms with E-state index in [9.17, 15) is 13.2 Å². The SMILES string of the molecule is CCOC(=O)BS(=O)(=O)Cl. The molecule has 0 bridgehead atoms. The van der Waals surface area contributed by atoms with Crippen LogP contribution in [-0.4, -0.2) is 27.5 Å². The van der Waals surface area contributed by atoms with Crippen molar-refractivity contribution < 1.29 is 17.9 Å². The Morgan fingerprint density at radius 3 is 2.50 bits per heavy atom. The van der Waals surface area contributed by atoms with E-state index in [-0.39, 0.29) is 6.61 Å². The summed E-state index contributed by atoms with van der Waals surface area (Å²) in [5, 5.41) is 0. The van der Waals surface area contributed by atoms with Gasteiger partial charge >= 0.3 is 6.56 Å². The molecule has 0 amide bonds. The van der Waals surface area contributed by atoms with Crippen molar-refractivity contribution >= 4 is 32.0 Å². The fourth-order valence-corrected chi connectivity index (χ4v) is 0.976. The molecule has 0 aliphatic rings. The second kappa shape index (κ2) is 3.83. The molecule has 0 saturated heterocycles. The first-order valence-corrected chi connectivity index (χ1v) is 5.01. The lowest BCUT2D eigenvalue weighted by molar-refractivity contribution is 0.179. The highest BCUT2D eigenvalue weighted by Crippen LogP contribution is 1.94. The van der Waals surface area contributed by atoms with Crippen molar-refractivity contribution in [3.8, 4) is 0 Å². The third-order valence-corrected chi connectivity index (χ3v) is 1.50. The number of hydrogen-bond donors (Lipinski definition) is 0. The second-order valence-electron chi connectivity index (χ2n) is 1.49. The Morgan fingerprint density at radius 1 is 1.70 bits per heavy atom. The molecule has 58 valence electrons. The van der Waals surface area contributed by atoms with Crippen molar-refractivity contribution in [2.45, 2.75) is 6.92 Å². The Hall–Kier alpha value is -0.225. The molecule has 0 aliphatic carbocycles. The summed E-state index contributed by atoms with van der Waals surface area (Å²) in [4.78, 5) is 10.4. The van der Waals surface area contributed by atoms with E-state index < -0.39 is 21.3 Å². The van der Waals surface area contributed by atoms with Crippen LogP contribution in [0.2, 0.25) is 0 Å². The number of rotatable bonds is 3. The van der Waals surface area contributed by atoms with Crippen LogP contribution in [0, 0.1) is 0 Å². The molecule has 0 aromatic heterocycles. The predicted octanol–water partition coefficient (Wildman–Crippen LogP) is 0.0630. The molecule has 0 aliphatic heterocycles. The van der Waals surface area contributed by atoms with Gasteiger partial charge in [-0.1, -0.05) is 0 Å². The Kier molecular flexibility index (Phi) is 3.74. The van der Waals surface area contributed by atoms with Gasteiger partial charge in [-0.2, -0.15) is 0 Å². The summed E-state index contributed by atoms with van der Waals surface area (Å²) in [5.74, 6) is -0.822. The molecule has 0 fully saturated rings. The number of hydrogen-bond acceptors (Lipinski definition) is 4. The summed E-state index contributed by atoms with van der Waals surface area (Å²) in [6.45, 7) is 0.979. The van der Waals surface area contributed by atoms with Crippen LogP contribution in [0.15, 0.2) is 0 Å². The van der Waals surface area contributed by atoms with Gasteiger partial charge in [-0.05, 0) is 6.92 Å². The number of carbonyl (C=O) groups is 1. The fraction of sp³-hybridized carbons (Fsp3) is 0.667. The fourth-order valence-electron chi connectivity index (χ4n) is 0.343. The smallest absolute Gasteiger partial charge is 0.424 e. The maximum atomic E-state index is 10.4. The summed E-state index contributed by atoms with van der Waals surface area (Å²) < 4.78 is 24.7. The van der Waals surface area contributed by atoms with Crippen molar-refractivity contribution in [3.05, 3.63) is 0 Å². The van der Waals surface area contributed by atoms with Crippen LogP contribution < -0.4 is 0 Å². The Labute approximate surface area is 64.1 Å². The van der Waals surface area contributed by atoms with Gasteiger partial charge in [-0.15, -0.1) is 0 Å². The minimum absolute atomic E-state index is 0.158. The topological polar surface area (TPSA) is 60.4 Å². The molecule has 0 saturated carbocycles. The molecule has 7 heteroatoms. The lowest BCUT2D eigenvalue weighted by atomic mass is 10.1. The summed E-state index contributed by atoms with van der Waals surface area (Å²) >= 11 is 0. The molecule has 4 nitrogen and oxygen atoms in total. The van der Waals surface area contributed by atoms with Gasteiger partial charge in [-0.3, -0.25) is 4.79 Å². The van der Waals surface area contributed by atoms with Crippen LogP contribution in [0.5, 0.6) is 0 Å². The zero-order valence-corrected chi connectivity index (χ0v) is 6.91. The van der Waals surface area contributed by atoms with E-state index in [1.54, 1.807) is 6.92 Å². The first kappa shape index (κ1) is 9.77. The van der Waals surface area contributed by atoms with Gasteiger partial charge in [0.1, 0.15) is 0 Å². The van der Waals surface area contributed by atoms with Crippen molar-refractivity contribution in [1.82, 2.24) is 0 Å². The average Bonchev–Trinajstić information content (AvgIpc) is 1.59. The Bertz CT molecular complexity index is 211. The van der Waals surface area contributed by atoms with E-state index in [0.29, 0.717) is 0 Å². The van der Waals surface area contributed by atoms with Crippen LogP contribution >= 0.6 is 10.7 Å². The number of ether oxygens (including phenoxy) is 1. The van der Waals surface area contributed by atoms with E-state index in [0.717, 1.165) is 0 Å². The highest BCUT2D eigenvalue weighted by molar-refractivity contribution is 8.34. The van der Waals surface area contributed by atoms with Gasteiger partial charge in [0.25, 0.3) is 5.87 Å². The molecule has 0 radical (unpaired) electrons. The maximum Gasteiger partial charge on any atom is 0.424 e. The van der Waals surface area contributed by atoms with E-state index in [1.165, 1.54) is 0 Å². The van der Waals surface area contributed by atoms with Gasteiger partial charge in [0.2, 0.25) is 0 Å². The van der Waals surface area contributed by atoms with Crippen molar-refractivity contribution in [2.24, 2.45) is 0 Å². The van der Waals surface area contributed by atoms with E-state index >= 15 is 0 Å². The van der Waals surface area contributed by atoms with Crippen LogP contribution in [0.25, 0.3) is 0 Å². The van der Waals surface area contributed by atoms with Crippen molar-refractivity contribution in [3.63, 3.8) is 0 Å².